The number of ether oxygens (including phenoxy) is 1. The lowest BCUT2D eigenvalue weighted by molar-refractivity contribution is 0.288. The smallest absolute Gasteiger partial charge is 0.168 e. The zero-order chi connectivity index (χ0) is 12.3. The van der Waals surface area contributed by atoms with Gasteiger partial charge in [-0.15, -0.1) is 5.10 Å². The van der Waals surface area contributed by atoms with Gasteiger partial charge in [-0.1, -0.05) is 27.2 Å². The third-order valence-corrected chi connectivity index (χ3v) is 2.88. The number of benzene rings is 1. The fraction of sp³-hybridized carbons (Fsp3) is 0.273. The van der Waals surface area contributed by atoms with Crippen LogP contribution in [0.1, 0.15) is 5.69 Å². The zero-order valence-electron chi connectivity index (χ0n) is 9.43. The fourth-order valence-corrected chi connectivity index (χ4v) is 1.77. The second-order valence-electron chi connectivity index (χ2n) is 3.59. The van der Waals surface area contributed by atoms with E-state index < -0.39 is 0 Å². The monoisotopic (exact) mass is 296 g/mol. The molecule has 2 aromatic rings. The number of aromatic nitrogens is 3. The second kappa shape index (κ2) is 5.18. The van der Waals surface area contributed by atoms with E-state index in [1.807, 2.05) is 31.2 Å². The van der Waals surface area contributed by atoms with E-state index in [1.165, 1.54) is 0 Å². The Kier molecular flexibility index (Phi) is 3.63. The van der Waals surface area contributed by atoms with Crippen molar-refractivity contribution in [2.75, 3.05) is 12.3 Å². The lowest BCUT2D eigenvalue weighted by Crippen LogP contribution is -2.11. The first-order chi connectivity index (χ1) is 8.16. The number of hydrogen-bond acceptors (Lipinski definition) is 4. The van der Waals surface area contributed by atoms with Crippen LogP contribution in [-0.4, -0.2) is 21.6 Å². The zero-order valence-corrected chi connectivity index (χ0v) is 11.0. The van der Waals surface area contributed by atoms with Crippen molar-refractivity contribution in [3.05, 3.63) is 34.4 Å². The Hall–Kier alpha value is -1.56. The highest BCUT2D eigenvalue weighted by atomic mass is 79.9. The summed E-state index contributed by atoms with van der Waals surface area (Å²) in [5.74, 6) is 1.29. The molecule has 1 heterocycles. The summed E-state index contributed by atoms with van der Waals surface area (Å²) in [4.78, 5) is 0. The molecule has 0 atom stereocenters. The molecule has 6 heteroatoms. The van der Waals surface area contributed by atoms with Crippen molar-refractivity contribution < 1.29 is 4.74 Å². The standard InChI is InChI=1S/C11H13BrN4O/c1-8-11(13)14-15-16(8)5-6-17-10-4-2-3-9(12)7-10/h2-4,7H,5-6,13H2,1H3. The quantitative estimate of drug-likeness (QED) is 0.937. The van der Waals surface area contributed by atoms with Crippen LogP contribution in [0.2, 0.25) is 0 Å². The number of nitrogen functional groups attached to an aromatic ring is 1. The molecule has 0 aliphatic heterocycles. The highest BCUT2D eigenvalue weighted by molar-refractivity contribution is 9.10. The van der Waals surface area contributed by atoms with Gasteiger partial charge >= 0.3 is 0 Å². The van der Waals surface area contributed by atoms with Crippen molar-refractivity contribution in [1.82, 2.24) is 15.0 Å². The maximum Gasteiger partial charge on any atom is 0.168 e. The van der Waals surface area contributed by atoms with Gasteiger partial charge in [-0.3, -0.25) is 0 Å². The summed E-state index contributed by atoms with van der Waals surface area (Å²) >= 11 is 3.39. The summed E-state index contributed by atoms with van der Waals surface area (Å²) in [6.07, 6.45) is 0. The molecule has 0 saturated heterocycles. The van der Waals surface area contributed by atoms with Crippen molar-refractivity contribution in [2.45, 2.75) is 13.5 Å². The van der Waals surface area contributed by atoms with E-state index in [-0.39, 0.29) is 0 Å². The molecule has 1 aromatic heterocycles. The van der Waals surface area contributed by atoms with E-state index in [1.54, 1.807) is 4.68 Å². The van der Waals surface area contributed by atoms with Crippen molar-refractivity contribution in [3.63, 3.8) is 0 Å². The maximum atomic E-state index is 5.60. The Morgan fingerprint density at radius 1 is 1.47 bits per heavy atom. The van der Waals surface area contributed by atoms with Crippen molar-refractivity contribution in [1.29, 1.82) is 0 Å². The largest absolute Gasteiger partial charge is 0.492 e. The molecule has 17 heavy (non-hydrogen) atoms. The molecule has 1 aromatic carbocycles. The summed E-state index contributed by atoms with van der Waals surface area (Å²) in [6.45, 7) is 3.04. The molecular formula is C11H13BrN4O. The Morgan fingerprint density at radius 3 is 2.94 bits per heavy atom. The predicted octanol–water partition coefficient (Wildman–Crippen LogP) is 2.01. The van der Waals surface area contributed by atoms with Gasteiger partial charge in [0.1, 0.15) is 12.4 Å². The molecule has 0 unspecified atom stereocenters. The molecule has 90 valence electrons. The van der Waals surface area contributed by atoms with Crippen LogP contribution in [0.5, 0.6) is 5.75 Å². The Labute approximate surface area is 108 Å². The first-order valence-electron chi connectivity index (χ1n) is 5.21. The fourth-order valence-electron chi connectivity index (χ4n) is 1.39. The van der Waals surface area contributed by atoms with Gasteiger partial charge in [-0.05, 0) is 25.1 Å². The molecule has 0 spiro atoms. The lowest BCUT2D eigenvalue weighted by Gasteiger charge is -2.07. The van der Waals surface area contributed by atoms with Gasteiger partial charge in [-0.2, -0.15) is 0 Å². The van der Waals surface area contributed by atoms with Gasteiger partial charge in [0.25, 0.3) is 0 Å². The van der Waals surface area contributed by atoms with Crippen LogP contribution >= 0.6 is 15.9 Å². The lowest BCUT2D eigenvalue weighted by atomic mass is 10.3. The van der Waals surface area contributed by atoms with Crippen LogP contribution in [0.25, 0.3) is 0 Å². The van der Waals surface area contributed by atoms with Gasteiger partial charge in [0.05, 0.1) is 12.2 Å². The molecule has 5 nitrogen and oxygen atoms in total. The average molecular weight is 297 g/mol. The molecule has 0 amide bonds. The summed E-state index contributed by atoms with van der Waals surface area (Å²) in [5.41, 5.74) is 6.47. The number of hydrogen-bond donors (Lipinski definition) is 1. The van der Waals surface area contributed by atoms with E-state index in [4.69, 9.17) is 10.5 Å². The first kappa shape index (κ1) is 11.9. The Balaban J connectivity index is 1.90. The molecule has 0 radical (unpaired) electrons. The number of halogens is 1. The average Bonchev–Trinajstić information content (AvgIpc) is 2.61. The molecule has 2 rings (SSSR count). The predicted molar refractivity (Wildman–Crippen MR) is 68.8 cm³/mol. The van der Waals surface area contributed by atoms with Gasteiger partial charge in [0.15, 0.2) is 5.82 Å². The van der Waals surface area contributed by atoms with Crippen LogP contribution in [0.4, 0.5) is 5.82 Å². The van der Waals surface area contributed by atoms with Gasteiger partial charge < -0.3 is 10.5 Å². The van der Waals surface area contributed by atoms with Gasteiger partial charge in [0, 0.05) is 4.47 Å². The minimum absolute atomic E-state index is 0.465. The van der Waals surface area contributed by atoms with Crippen LogP contribution < -0.4 is 10.5 Å². The number of nitrogens with two attached hydrogens (primary N) is 1. The van der Waals surface area contributed by atoms with E-state index in [0.29, 0.717) is 19.0 Å². The van der Waals surface area contributed by atoms with Crippen LogP contribution in [0, 0.1) is 6.92 Å². The van der Waals surface area contributed by atoms with Crippen LogP contribution in [-0.2, 0) is 6.54 Å². The molecule has 0 aliphatic rings. The molecule has 2 N–H and O–H groups in total. The molecular weight excluding hydrogens is 284 g/mol. The Morgan fingerprint density at radius 2 is 2.29 bits per heavy atom. The van der Waals surface area contributed by atoms with Crippen molar-refractivity contribution >= 4 is 21.7 Å². The highest BCUT2D eigenvalue weighted by Gasteiger charge is 2.04. The van der Waals surface area contributed by atoms with Gasteiger partial charge in [-0.25, -0.2) is 4.68 Å². The second-order valence-corrected chi connectivity index (χ2v) is 4.50. The SMILES string of the molecule is Cc1c(N)nnn1CCOc1cccc(Br)c1. The number of nitrogens with zero attached hydrogens (tertiary/aromatic N) is 3. The summed E-state index contributed by atoms with van der Waals surface area (Å²) in [7, 11) is 0. The van der Waals surface area contributed by atoms with Gasteiger partial charge in [0.2, 0.25) is 0 Å². The van der Waals surface area contributed by atoms with Crippen molar-refractivity contribution in [3.8, 4) is 5.75 Å². The van der Waals surface area contributed by atoms with E-state index in [9.17, 15) is 0 Å². The number of anilines is 1. The highest BCUT2D eigenvalue weighted by Crippen LogP contribution is 2.17. The molecule has 0 aliphatic carbocycles. The van der Waals surface area contributed by atoms with Crippen molar-refractivity contribution in [2.24, 2.45) is 0 Å². The summed E-state index contributed by atoms with van der Waals surface area (Å²) in [6, 6.07) is 7.71. The van der Waals surface area contributed by atoms with E-state index in [2.05, 4.69) is 26.2 Å². The summed E-state index contributed by atoms with van der Waals surface area (Å²) in [5, 5.41) is 7.70. The van der Waals surface area contributed by atoms with E-state index in [0.717, 1.165) is 15.9 Å². The maximum absolute atomic E-state index is 5.60. The van der Waals surface area contributed by atoms with Crippen LogP contribution in [0.3, 0.4) is 0 Å². The minimum atomic E-state index is 0.465. The molecule has 0 bridgehead atoms. The number of rotatable bonds is 4. The third kappa shape index (κ3) is 2.97. The summed E-state index contributed by atoms with van der Waals surface area (Å²) < 4.78 is 8.32. The van der Waals surface area contributed by atoms with E-state index >= 15 is 0 Å². The Bertz CT molecular complexity index is 512. The molecule has 0 saturated carbocycles. The van der Waals surface area contributed by atoms with Crippen LogP contribution in [0.15, 0.2) is 28.7 Å². The first-order valence-corrected chi connectivity index (χ1v) is 6.00. The molecule has 0 fully saturated rings. The third-order valence-electron chi connectivity index (χ3n) is 2.39. The minimum Gasteiger partial charge on any atom is -0.492 e. The topological polar surface area (TPSA) is 66.0 Å². The normalized spacial score (nSPS) is 10.5.